The molecule has 4 amide bonds. The van der Waals surface area contributed by atoms with E-state index in [0.29, 0.717) is 12.1 Å². The molecule has 0 radical (unpaired) electrons. The van der Waals surface area contributed by atoms with Gasteiger partial charge in [-0.3, -0.25) is 14.5 Å². The van der Waals surface area contributed by atoms with Gasteiger partial charge in [0.15, 0.2) is 0 Å². The zero-order chi connectivity index (χ0) is 14.3. The number of hydrogen-bond donors (Lipinski definition) is 1. The van der Waals surface area contributed by atoms with Crippen LogP contribution in [-0.4, -0.2) is 40.2 Å². The van der Waals surface area contributed by atoms with Crippen molar-refractivity contribution >= 4 is 17.8 Å². The van der Waals surface area contributed by atoms with Gasteiger partial charge in [0.05, 0.1) is 6.54 Å². The molecule has 1 aromatic rings. The largest absolute Gasteiger partial charge is 0.366 e. The molecule has 3 rings (SSSR count). The zero-order valence-corrected chi connectivity index (χ0v) is 10.9. The van der Waals surface area contributed by atoms with Gasteiger partial charge in [-0.15, -0.1) is 0 Å². The third-order valence-corrected chi connectivity index (χ3v) is 3.86. The fourth-order valence-electron chi connectivity index (χ4n) is 2.78. The lowest BCUT2D eigenvalue weighted by Gasteiger charge is -2.15. The standard InChI is InChI=1S/C14H15N3O3/c15-12(18)10-5-3-9(4-6-10)8-17-13(19)11-2-1-7-16(11)14(17)20/h3-6,11H,1-2,7-8H2,(H2,15,18)/t11-/m1/s1. The Morgan fingerprint density at radius 3 is 2.55 bits per heavy atom. The van der Waals surface area contributed by atoms with Gasteiger partial charge in [0.1, 0.15) is 6.04 Å². The molecular weight excluding hydrogens is 258 g/mol. The van der Waals surface area contributed by atoms with Gasteiger partial charge in [-0.2, -0.15) is 0 Å². The van der Waals surface area contributed by atoms with E-state index in [9.17, 15) is 14.4 Å². The van der Waals surface area contributed by atoms with Gasteiger partial charge in [-0.25, -0.2) is 4.79 Å². The Balaban J connectivity index is 1.76. The number of urea groups is 1. The predicted octanol–water partition coefficient (Wildman–Crippen LogP) is 0.712. The molecule has 2 fully saturated rings. The van der Waals surface area contributed by atoms with Crippen LogP contribution in [0.25, 0.3) is 0 Å². The molecule has 0 aromatic heterocycles. The highest BCUT2D eigenvalue weighted by molar-refractivity contribution is 6.04. The van der Waals surface area contributed by atoms with E-state index < -0.39 is 5.91 Å². The molecule has 0 saturated carbocycles. The molecule has 2 aliphatic rings. The molecule has 6 nitrogen and oxygen atoms in total. The van der Waals surface area contributed by atoms with Crippen molar-refractivity contribution in [2.45, 2.75) is 25.4 Å². The third kappa shape index (κ3) is 1.93. The topological polar surface area (TPSA) is 83.7 Å². The molecule has 2 aliphatic heterocycles. The number of imide groups is 1. The summed E-state index contributed by atoms with van der Waals surface area (Å²) < 4.78 is 0. The van der Waals surface area contributed by atoms with Gasteiger partial charge in [-0.1, -0.05) is 12.1 Å². The molecule has 104 valence electrons. The fraction of sp³-hybridized carbons (Fsp3) is 0.357. The van der Waals surface area contributed by atoms with Crippen LogP contribution in [0.15, 0.2) is 24.3 Å². The summed E-state index contributed by atoms with van der Waals surface area (Å²) in [6, 6.07) is 6.14. The summed E-state index contributed by atoms with van der Waals surface area (Å²) in [7, 11) is 0. The Kier molecular flexibility index (Phi) is 2.93. The van der Waals surface area contributed by atoms with Gasteiger partial charge in [0, 0.05) is 12.1 Å². The first-order valence-electron chi connectivity index (χ1n) is 6.58. The minimum absolute atomic E-state index is 0.119. The van der Waals surface area contributed by atoms with Crippen molar-refractivity contribution < 1.29 is 14.4 Å². The van der Waals surface area contributed by atoms with Crippen LogP contribution in [0.5, 0.6) is 0 Å². The Labute approximate surface area is 116 Å². The van der Waals surface area contributed by atoms with E-state index in [4.69, 9.17) is 5.73 Å². The summed E-state index contributed by atoms with van der Waals surface area (Å²) in [5.74, 6) is -0.614. The van der Waals surface area contributed by atoms with Crippen LogP contribution in [0.2, 0.25) is 0 Å². The van der Waals surface area contributed by atoms with Gasteiger partial charge < -0.3 is 10.6 Å². The molecule has 2 heterocycles. The van der Waals surface area contributed by atoms with Crippen molar-refractivity contribution in [1.82, 2.24) is 9.80 Å². The van der Waals surface area contributed by atoms with E-state index in [1.807, 2.05) is 0 Å². The van der Waals surface area contributed by atoms with Crippen molar-refractivity contribution in [2.75, 3.05) is 6.54 Å². The average molecular weight is 273 g/mol. The number of carbonyl (C=O) groups is 3. The summed E-state index contributed by atoms with van der Waals surface area (Å²) in [6.07, 6.45) is 1.64. The molecule has 0 aliphatic carbocycles. The maximum absolute atomic E-state index is 12.2. The minimum Gasteiger partial charge on any atom is -0.366 e. The van der Waals surface area contributed by atoms with Crippen molar-refractivity contribution in [2.24, 2.45) is 5.73 Å². The maximum atomic E-state index is 12.2. The smallest absolute Gasteiger partial charge is 0.327 e. The van der Waals surface area contributed by atoms with Crippen LogP contribution in [0, 0.1) is 0 Å². The number of nitrogens with two attached hydrogens (primary N) is 1. The molecule has 2 saturated heterocycles. The number of carbonyl (C=O) groups excluding carboxylic acids is 3. The Morgan fingerprint density at radius 1 is 1.25 bits per heavy atom. The first-order chi connectivity index (χ1) is 9.58. The summed E-state index contributed by atoms with van der Waals surface area (Å²) in [4.78, 5) is 38.2. The van der Waals surface area contributed by atoms with Gasteiger partial charge >= 0.3 is 6.03 Å². The molecule has 6 heteroatoms. The van der Waals surface area contributed by atoms with Crippen molar-refractivity contribution in [3.8, 4) is 0 Å². The molecule has 20 heavy (non-hydrogen) atoms. The van der Waals surface area contributed by atoms with Gasteiger partial charge in [-0.05, 0) is 30.5 Å². The first-order valence-corrected chi connectivity index (χ1v) is 6.58. The van der Waals surface area contributed by atoms with E-state index in [1.165, 1.54) is 4.90 Å². The molecule has 1 atom stereocenters. The van der Waals surface area contributed by atoms with Crippen molar-refractivity contribution in [3.05, 3.63) is 35.4 Å². The highest BCUT2D eigenvalue weighted by atomic mass is 16.2. The van der Waals surface area contributed by atoms with E-state index in [-0.39, 0.29) is 24.5 Å². The minimum atomic E-state index is -0.495. The van der Waals surface area contributed by atoms with Gasteiger partial charge in [0.25, 0.3) is 5.91 Å². The molecule has 0 unspecified atom stereocenters. The Bertz CT molecular complexity index is 560. The quantitative estimate of drug-likeness (QED) is 0.823. The number of rotatable bonds is 3. The maximum Gasteiger partial charge on any atom is 0.327 e. The van der Waals surface area contributed by atoms with E-state index >= 15 is 0 Å². The second-order valence-corrected chi connectivity index (χ2v) is 5.12. The SMILES string of the molecule is NC(=O)c1ccc(CN2C(=O)[C@H]3CCCN3C2=O)cc1. The summed E-state index contributed by atoms with van der Waals surface area (Å²) in [5, 5.41) is 0. The predicted molar refractivity (Wildman–Crippen MR) is 70.6 cm³/mol. The number of primary amides is 1. The highest BCUT2D eigenvalue weighted by Gasteiger charge is 2.47. The lowest BCUT2D eigenvalue weighted by atomic mass is 10.1. The normalized spacial score (nSPS) is 21.5. The Hall–Kier alpha value is -2.37. The molecule has 0 spiro atoms. The third-order valence-electron chi connectivity index (χ3n) is 3.86. The first kappa shape index (κ1) is 12.7. The molecule has 1 aromatic carbocycles. The molecular formula is C14H15N3O3. The second kappa shape index (κ2) is 4.63. The number of amides is 4. The fourth-order valence-corrected chi connectivity index (χ4v) is 2.78. The van der Waals surface area contributed by atoms with E-state index in [1.54, 1.807) is 29.2 Å². The Morgan fingerprint density at radius 2 is 1.95 bits per heavy atom. The van der Waals surface area contributed by atoms with Crippen LogP contribution >= 0.6 is 0 Å². The number of nitrogens with zero attached hydrogens (tertiary/aromatic N) is 2. The van der Waals surface area contributed by atoms with Crippen molar-refractivity contribution in [1.29, 1.82) is 0 Å². The van der Waals surface area contributed by atoms with Crippen molar-refractivity contribution in [3.63, 3.8) is 0 Å². The van der Waals surface area contributed by atoms with Crippen LogP contribution in [0.1, 0.15) is 28.8 Å². The zero-order valence-electron chi connectivity index (χ0n) is 10.9. The lowest BCUT2D eigenvalue weighted by molar-refractivity contribution is -0.128. The monoisotopic (exact) mass is 273 g/mol. The molecule has 2 N–H and O–H groups in total. The number of benzene rings is 1. The summed E-state index contributed by atoms with van der Waals surface area (Å²) in [6.45, 7) is 0.899. The highest BCUT2D eigenvalue weighted by Crippen LogP contribution is 2.28. The summed E-state index contributed by atoms with van der Waals surface area (Å²) in [5.41, 5.74) is 6.38. The van der Waals surface area contributed by atoms with E-state index in [0.717, 1.165) is 18.4 Å². The second-order valence-electron chi connectivity index (χ2n) is 5.12. The van der Waals surface area contributed by atoms with Gasteiger partial charge in [0.2, 0.25) is 5.91 Å². The lowest BCUT2D eigenvalue weighted by Crippen LogP contribution is -2.32. The van der Waals surface area contributed by atoms with Crippen LogP contribution in [-0.2, 0) is 11.3 Å². The van der Waals surface area contributed by atoms with Crippen LogP contribution in [0.4, 0.5) is 4.79 Å². The number of hydrogen-bond acceptors (Lipinski definition) is 3. The van der Waals surface area contributed by atoms with Crippen LogP contribution in [0.3, 0.4) is 0 Å². The average Bonchev–Trinajstić information content (AvgIpc) is 2.99. The van der Waals surface area contributed by atoms with Crippen LogP contribution < -0.4 is 5.73 Å². The summed E-state index contributed by atoms with van der Waals surface area (Å²) >= 11 is 0. The van der Waals surface area contributed by atoms with E-state index in [2.05, 4.69) is 0 Å². The molecule has 0 bridgehead atoms. The number of fused-ring (bicyclic) bond motifs is 1.